The molecule has 0 bridgehead atoms. The monoisotopic (exact) mass is 376 g/mol. The van der Waals surface area contributed by atoms with E-state index in [1.54, 1.807) is 4.90 Å². The second-order valence-corrected chi connectivity index (χ2v) is 7.75. The molecule has 2 aliphatic rings. The number of nitrogens with zero attached hydrogens (tertiary/aromatic N) is 2. The number of halogens is 1. The van der Waals surface area contributed by atoms with E-state index in [1.807, 2.05) is 32.0 Å². The highest BCUT2D eigenvalue weighted by Crippen LogP contribution is 2.29. The van der Waals surface area contributed by atoms with E-state index in [4.69, 9.17) is 5.11 Å². The van der Waals surface area contributed by atoms with Gasteiger partial charge in [-0.25, -0.2) is 9.18 Å². The van der Waals surface area contributed by atoms with Crippen molar-refractivity contribution < 1.29 is 23.9 Å². The van der Waals surface area contributed by atoms with E-state index in [9.17, 15) is 18.8 Å². The number of aryl methyl sites for hydroxylation is 2. The van der Waals surface area contributed by atoms with Gasteiger partial charge in [0.1, 0.15) is 0 Å². The summed E-state index contributed by atoms with van der Waals surface area (Å²) in [7, 11) is 0. The maximum atomic E-state index is 14.3. The molecule has 2 atom stereocenters. The second-order valence-electron chi connectivity index (χ2n) is 7.75. The molecule has 0 aliphatic carbocycles. The summed E-state index contributed by atoms with van der Waals surface area (Å²) in [5, 5.41) is 9.00. The molecule has 0 saturated carbocycles. The van der Waals surface area contributed by atoms with Crippen molar-refractivity contribution in [3.8, 4) is 0 Å². The molecular weight excluding hydrogens is 351 g/mol. The molecule has 2 aliphatic heterocycles. The Hall–Kier alpha value is -2.44. The van der Waals surface area contributed by atoms with E-state index in [2.05, 4.69) is 0 Å². The van der Waals surface area contributed by atoms with Crippen molar-refractivity contribution in [1.82, 2.24) is 9.80 Å². The van der Waals surface area contributed by atoms with E-state index < -0.39 is 24.1 Å². The third-order valence-corrected chi connectivity index (χ3v) is 5.44. The lowest BCUT2D eigenvalue weighted by Gasteiger charge is -2.34. The number of aliphatic carboxylic acids is 1. The van der Waals surface area contributed by atoms with Crippen LogP contribution in [0.5, 0.6) is 0 Å². The average Bonchev–Trinajstić information content (AvgIpc) is 3.03. The SMILES string of the molecule is Cc1cc(C)cc(C(=O)N2CCCC(C(=O)N3CCC(F)(C(=O)O)C3)C2)c1. The quantitative estimate of drug-likeness (QED) is 0.877. The van der Waals surface area contributed by atoms with Crippen LogP contribution in [0.1, 0.15) is 40.7 Å². The molecular formula is C20H25FN2O4. The minimum Gasteiger partial charge on any atom is -0.479 e. The lowest BCUT2D eigenvalue weighted by molar-refractivity contribution is -0.150. The molecule has 6 nitrogen and oxygen atoms in total. The highest BCUT2D eigenvalue weighted by molar-refractivity contribution is 5.95. The maximum Gasteiger partial charge on any atom is 0.343 e. The number of carboxylic acid groups (broad SMARTS) is 1. The van der Waals surface area contributed by atoms with E-state index in [-0.39, 0.29) is 31.3 Å². The van der Waals surface area contributed by atoms with E-state index in [1.165, 1.54) is 4.90 Å². The Morgan fingerprint density at radius 2 is 1.78 bits per heavy atom. The summed E-state index contributed by atoms with van der Waals surface area (Å²) in [4.78, 5) is 39.6. The van der Waals surface area contributed by atoms with Crippen LogP contribution in [0.25, 0.3) is 0 Å². The minimum atomic E-state index is -2.36. The lowest BCUT2D eigenvalue weighted by Crippen LogP contribution is -2.47. The summed E-state index contributed by atoms with van der Waals surface area (Å²) >= 11 is 0. The van der Waals surface area contributed by atoms with Gasteiger partial charge in [-0.2, -0.15) is 0 Å². The molecule has 27 heavy (non-hydrogen) atoms. The predicted octanol–water partition coefficient (Wildman–Crippen LogP) is 2.18. The summed E-state index contributed by atoms with van der Waals surface area (Å²) in [6, 6.07) is 5.68. The number of piperidine rings is 1. The van der Waals surface area contributed by atoms with Gasteiger partial charge >= 0.3 is 5.97 Å². The number of likely N-dealkylation sites (tertiary alicyclic amines) is 2. The van der Waals surface area contributed by atoms with Crippen LogP contribution in [0.4, 0.5) is 4.39 Å². The van der Waals surface area contributed by atoms with Gasteiger partial charge in [0.15, 0.2) is 0 Å². The number of amides is 2. The van der Waals surface area contributed by atoms with Gasteiger partial charge in [-0.3, -0.25) is 9.59 Å². The minimum absolute atomic E-state index is 0.100. The van der Waals surface area contributed by atoms with Crippen LogP contribution in [0.3, 0.4) is 0 Å². The molecule has 0 spiro atoms. The topological polar surface area (TPSA) is 77.9 Å². The fourth-order valence-electron chi connectivity index (χ4n) is 4.04. The molecule has 3 rings (SSSR count). The summed E-state index contributed by atoms with van der Waals surface area (Å²) in [5.41, 5.74) is 0.260. The van der Waals surface area contributed by atoms with Crippen molar-refractivity contribution in [3.05, 3.63) is 34.9 Å². The lowest BCUT2D eigenvalue weighted by atomic mass is 9.95. The van der Waals surface area contributed by atoms with Gasteiger partial charge in [0, 0.05) is 31.6 Å². The summed E-state index contributed by atoms with van der Waals surface area (Å²) in [6.07, 6.45) is 1.13. The highest BCUT2D eigenvalue weighted by atomic mass is 19.1. The summed E-state index contributed by atoms with van der Waals surface area (Å²) < 4.78 is 14.3. The zero-order chi connectivity index (χ0) is 19.8. The molecule has 2 heterocycles. The molecule has 2 saturated heterocycles. The number of hydrogen-bond donors (Lipinski definition) is 1. The van der Waals surface area contributed by atoms with Gasteiger partial charge < -0.3 is 14.9 Å². The number of carbonyl (C=O) groups is 3. The number of rotatable bonds is 3. The normalized spacial score (nSPS) is 25.5. The van der Waals surface area contributed by atoms with Crippen LogP contribution in [-0.4, -0.2) is 64.5 Å². The van der Waals surface area contributed by atoms with E-state index in [0.717, 1.165) is 11.1 Å². The van der Waals surface area contributed by atoms with Gasteiger partial charge in [-0.05, 0) is 38.8 Å². The molecule has 7 heteroatoms. The fraction of sp³-hybridized carbons (Fsp3) is 0.550. The van der Waals surface area contributed by atoms with Crippen molar-refractivity contribution in [2.75, 3.05) is 26.2 Å². The second kappa shape index (κ2) is 7.29. The zero-order valence-corrected chi connectivity index (χ0v) is 15.7. The van der Waals surface area contributed by atoms with Crippen molar-refractivity contribution in [2.24, 2.45) is 5.92 Å². The number of carbonyl (C=O) groups excluding carboxylic acids is 2. The summed E-state index contributed by atoms with van der Waals surface area (Å²) in [5.74, 6) is -2.29. The Bertz CT molecular complexity index is 761. The van der Waals surface area contributed by atoms with Crippen LogP contribution in [-0.2, 0) is 9.59 Å². The Morgan fingerprint density at radius 3 is 2.37 bits per heavy atom. The first-order valence-corrected chi connectivity index (χ1v) is 9.28. The third kappa shape index (κ3) is 3.96. The van der Waals surface area contributed by atoms with Crippen LogP contribution >= 0.6 is 0 Å². The smallest absolute Gasteiger partial charge is 0.343 e. The molecule has 2 amide bonds. The predicted molar refractivity (Wildman–Crippen MR) is 97.2 cm³/mol. The molecule has 1 aromatic carbocycles. The van der Waals surface area contributed by atoms with Crippen LogP contribution in [0, 0.1) is 19.8 Å². The first-order chi connectivity index (χ1) is 12.7. The number of alkyl halides is 1. The molecule has 1 N–H and O–H groups in total. The van der Waals surface area contributed by atoms with Crippen LogP contribution in [0.15, 0.2) is 18.2 Å². The Morgan fingerprint density at radius 1 is 1.11 bits per heavy atom. The van der Waals surface area contributed by atoms with Gasteiger partial charge in [0.2, 0.25) is 11.6 Å². The van der Waals surface area contributed by atoms with Crippen molar-refractivity contribution >= 4 is 17.8 Å². The van der Waals surface area contributed by atoms with Crippen LogP contribution in [0.2, 0.25) is 0 Å². The van der Waals surface area contributed by atoms with Gasteiger partial charge in [0.25, 0.3) is 5.91 Å². The third-order valence-electron chi connectivity index (χ3n) is 5.44. The molecule has 2 unspecified atom stereocenters. The Kier molecular flexibility index (Phi) is 5.22. The molecule has 0 aromatic heterocycles. The Labute approximate surface area is 157 Å². The Balaban J connectivity index is 1.68. The molecule has 146 valence electrons. The number of hydrogen-bond acceptors (Lipinski definition) is 3. The number of carboxylic acids is 1. The molecule has 2 fully saturated rings. The number of benzene rings is 1. The van der Waals surface area contributed by atoms with Gasteiger partial charge in [-0.15, -0.1) is 0 Å². The van der Waals surface area contributed by atoms with Crippen LogP contribution < -0.4 is 0 Å². The zero-order valence-electron chi connectivity index (χ0n) is 15.7. The first-order valence-electron chi connectivity index (χ1n) is 9.28. The van der Waals surface area contributed by atoms with E-state index >= 15 is 0 Å². The van der Waals surface area contributed by atoms with E-state index in [0.29, 0.717) is 24.9 Å². The standard InChI is InChI=1S/C20H25FN2O4/c1-13-8-14(2)10-16(9-13)18(25)22-6-3-4-15(11-22)17(24)23-7-5-20(21,12-23)19(26)27/h8-10,15H,3-7,11-12H2,1-2H3,(H,26,27). The van der Waals surface area contributed by atoms with Gasteiger partial charge in [0.05, 0.1) is 12.5 Å². The fourth-order valence-corrected chi connectivity index (χ4v) is 4.04. The van der Waals surface area contributed by atoms with Crippen molar-refractivity contribution in [1.29, 1.82) is 0 Å². The maximum absolute atomic E-state index is 14.3. The highest BCUT2D eigenvalue weighted by Gasteiger charge is 2.48. The molecule has 0 radical (unpaired) electrons. The van der Waals surface area contributed by atoms with Crippen molar-refractivity contribution in [3.63, 3.8) is 0 Å². The summed E-state index contributed by atoms with van der Waals surface area (Å²) in [6.45, 7) is 4.42. The largest absolute Gasteiger partial charge is 0.479 e. The van der Waals surface area contributed by atoms with Gasteiger partial charge in [-0.1, -0.05) is 17.2 Å². The average molecular weight is 376 g/mol. The van der Waals surface area contributed by atoms with Crippen molar-refractivity contribution in [2.45, 2.75) is 38.8 Å². The first kappa shape index (κ1) is 19.3. The molecule has 1 aromatic rings.